The van der Waals surface area contributed by atoms with E-state index in [0.29, 0.717) is 10.6 Å². The summed E-state index contributed by atoms with van der Waals surface area (Å²) in [6, 6.07) is 2.59. The van der Waals surface area contributed by atoms with Crippen LogP contribution in [0.1, 0.15) is 31.7 Å². The zero-order chi connectivity index (χ0) is 11.9. The lowest BCUT2D eigenvalue weighted by molar-refractivity contribution is -0.0400. The molecule has 1 aromatic rings. The number of rotatable bonds is 2. The second-order valence-corrected chi connectivity index (χ2v) is 5.34. The molecule has 1 nitrogen and oxygen atoms in total. The second kappa shape index (κ2) is 4.17. The number of aliphatic hydroxyl groups is 1. The lowest BCUT2D eigenvalue weighted by atomic mass is 9.71. The van der Waals surface area contributed by atoms with Crippen molar-refractivity contribution >= 4 is 23.2 Å². The van der Waals surface area contributed by atoms with E-state index in [0.717, 1.165) is 19.3 Å². The summed E-state index contributed by atoms with van der Waals surface area (Å²) in [5.41, 5.74) is -0.637. The van der Waals surface area contributed by atoms with E-state index in [9.17, 15) is 9.50 Å². The lowest BCUT2D eigenvalue weighted by Gasteiger charge is -2.39. The van der Waals surface area contributed by atoms with Crippen LogP contribution in [-0.4, -0.2) is 5.11 Å². The van der Waals surface area contributed by atoms with E-state index >= 15 is 0 Å². The average molecular weight is 263 g/mol. The van der Waals surface area contributed by atoms with Crippen molar-refractivity contribution in [3.8, 4) is 0 Å². The first-order valence-corrected chi connectivity index (χ1v) is 6.06. The smallest absolute Gasteiger partial charge is 0.142 e. The van der Waals surface area contributed by atoms with Crippen LogP contribution in [0.25, 0.3) is 0 Å². The van der Waals surface area contributed by atoms with Crippen LogP contribution in [0.2, 0.25) is 10.0 Å². The molecule has 0 amide bonds. The van der Waals surface area contributed by atoms with E-state index < -0.39 is 11.4 Å². The Morgan fingerprint density at radius 3 is 2.44 bits per heavy atom. The van der Waals surface area contributed by atoms with Crippen LogP contribution in [0.5, 0.6) is 0 Å². The Morgan fingerprint density at radius 1 is 1.31 bits per heavy atom. The van der Waals surface area contributed by atoms with Crippen molar-refractivity contribution < 1.29 is 9.50 Å². The van der Waals surface area contributed by atoms with Gasteiger partial charge in [0, 0.05) is 10.6 Å². The summed E-state index contributed by atoms with van der Waals surface area (Å²) in [7, 11) is 0. The molecule has 1 aromatic carbocycles. The van der Waals surface area contributed by atoms with Gasteiger partial charge in [-0.25, -0.2) is 4.39 Å². The highest BCUT2D eigenvalue weighted by molar-refractivity contribution is 6.35. The summed E-state index contributed by atoms with van der Waals surface area (Å²) >= 11 is 11.6. The fraction of sp³-hybridized carbons (Fsp3) is 0.500. The maximum Gasteiger partial charge on any atom is 0.142 e. The topological polar surface area (TPSA) is 20.2 Å². The van der Waals surface area contributed by atoms with Crippen molar-refractivity contribution in [2.45, 2.75) is 31.8 Å². The molecule has 0 heterocycles. The van der Waals surface area contributed by atoms with Crippen molar-refractivity contribution in [2.24, 2.45) is 5.92 Å². The highest BCUT2D eigenvalue weighted by Gasteiger charge is 2.39. The Bertz CT molecular complexity index is 414. The molecule has 88 valence electrons. The average Bonchev–Trinajstić information content (AvgIpc) is 2.07. The molecule has 4 heteroatoms. The van der Waals surface area contributed by atoms with Crippen LogP contribution in [0.15, 0.2) is 12.1 Å². The number of benzene rings is 1. The third kappa shape index (κ3) is 1.94. The maximum atomic E-state index is 13.4. The van der Waals surface area contributed by atoms with Gasteiger partial charge in [-0.05, 0) is 37.8 Å². The van der Waals surface area contributed by atoms with E-state index in [1.165, 1.54) is 12.1 Å². The molecule has 1 unspecified atom stereocenters. The molecule has 1 aliphatic carbocycles. The molecule has 1 atom stereocenters. The minimum Gasteiger partial charge on any atom is -0.385 e. The zero-order valence-electron chi connectivity index (χ0n) is 8.93. The Balaban J connectivity index is 2.42. The normalized spacial score (nSPS) is 20.3. The van der Waals surface area contributed by atoms with Crippen molar-refractivity contribution in [3.63, 3.8) is 0 Å². The molecule has 0 aromatic heterocycles. The molecule has 0 saturated heterocycles. The Hall–Kier alpha value is -0.310. The van der Waals surface area contributed by atoms with E-state index in [-0.39, 0.29) is 10.9 Å². The molecule has 0 aliphatic heterocycles. The first-order valence-electron chi connectivity index (χ1n) is 5.30. The second-order valence-electron chi connectivity index (χ2n) is 4.52. The highest BCUT2D eigenvalue weighted by Crippen LogP contribution is 2.44. The third-order valence-electron chi connectivity index (χ3n) is 3.46. The molecule has 0 spiro atoms. The van der Waals surface area contributed by atoms with E-state index in [2.05, 4.69) is 0 Å². The molecule has 1 saturated carbocycles. The van der Waals surface area contributed by atoms with Gasteiger partial charge in [0.25, 0.3) is 0 Å². The highest BCUT2D eigenvalue weighted by atomic mass is 35.5. The van der Waals surface area contributed by atoms with Gasteiger partial charge >= 0.3 is 0 Å². The lowest BCUT2D eigenvalue weighted by Crippen LogP contribution is -2.36. The summed E-state index contributed by atoms with van der Waals surface area (Å²) in [5, 5.41) is 10.7. The van der Waals surface area contributed by atoms with Gasteiger partial charge in [-0.3, -0.25) is 0 Å². The maximum absolute atomic E-state index is 13.4. The Kier molecular flexibility index (Phi) is 3.17. The van der Waals surface area contributed by atoms with Crippen molar-refractivity contribution in [1.29, 1.82) is 0 Å². The molecule has 1 N–H and O–H groups in total. The predicted molar refractivity (Wildman–Crippen MR) is 63.3 cm³/mol. The van der Waals surface area contributed by atoms with Gasteiger partial charge in [0.1, 0.15) is 5.82 Å². The molecule has 1 aliphatic rings. The minimum absolute atomic E-state index is 0.0156. The van der Waals surface area contributed by atoms with Gasteiger partial charge in [-0.1, -0.05) is 29.6 Å². The molecular formula is C12H13Cl2FO. The Morgan fingerprint density at radius 2 is 1.94 bits per heavy atom. The van der Waals surface area contributed by atoms with Crippen molar-refractivity contribution in [3.05, 3.63) is 33.6 Å². The van der Waals surface area contributed by atoms with E-state index in [1.54, 1.807) is 6.92 Å². The molecule has 16 heavy (non-hydrogen) atoms. The van der Waals surface area contributed by atoms with Crippen LogP contribution in [0, 0.1) is 11.7 Å². The molecule has 0 bridgehead atoms. The molecule has 2 rings (SSSR count). The zero-order valence-corrected chi connectivity index (χ0v) is 10.4. The van der Waals surface area contributed by atoms with Gasteiger partial charge in [0.05, 0.1) is 10.6 Å². The largest absolute Gasteiger partial charge is 0.385 e. The Labute approximate surface area is 104 Å². The number of hydrogen-bond acceptors (Lipinski definition) is 1. The summed E-state index contributed by atoms with van der Waals surface area (Å²) in [5.74, 6) is -0.383. The monoisotopic (exact) mass is 262 g/mol. The van der Waals surface area contributed by atoms with Gasteiger partial charge in [-0.2, -0.15) is 0 Å². The first-order chi connectivity index (χ1) is 7.43. The van der Waals surface area contributed by atoms with Gasteiger partial charge in [0.2, 0.25) is 0 Å². The van der Waals surface area contributed by atoms with Crippen LogP contribution in [0.3, 0.4) is 0 Å². The summed E-state index contributed by atoms with van der Waals surface area (Å²) in [6.45, 7) is 1.69. The van der Waals surface area contributed by atoms with Gasteiger partial charge < -0.3 is 5.11 Å². The number of halogens is 3. The van der Waals surface area contributed by atoms with Crippen LogP contribution in [0.4, 0.5) is 4.39 Å². The summed E-state index contributed by atoms with van der Waals surface area (Å²) < 4.78 is 13.4. The summed E-state index contributed by atoms with van der Waals surface area (Å²) in [6.07, 6.45) is 3.01. The van der Waals surface area contributed by atoms with Crippen molar-refractivity contribution in [1.82, 2.24) is 0 Å². The SMILES string of the molecule is CC(O)(c1cc(F)c(Cl)cc1Cl)C1CCC1. The quantitative estimate of drug-likeness (QED) is 0.795. The third-order valence-corrected chi connectivity index (χ3v) is 4.06. The van der Waals surface area contributed by atoms with Crippen molar-refractivity contribution in [2.75, 3.05) is 0 Å². The van der Waals surface area contributed by atoms with Gasteiger partial charge in [0.15, 0.2) is 0 Å². The van der Waals surface area contributed by atoms with E-state index in [4.69, 9.17) is 23.2 Å². The molecule has 1 fully saturated rings. The van der Waals surface area contributed by atoms with Crippen LogP contribution < -0.4 is 0 Å². The molecule has 0 radical (unpaired) electrons. The van der Waals surface area contributed by atoms with Gasteiger partial charge in [-0.15, -0.1) is 0 Å². The molecular weight excluding hydrogens is 250 g/mol. The minimum atomic E-state index is -1.07. The standard InChI is InChI=1S/C12H13Cl2FO/c1-12(16,7-3-2-4-7)8-5-11(15)10(14)6-9(8)13/h5-7,16H,2-4H2,1H3. The fourth-order valence-electron chi connectivity index (χ4n) is 2.10. The van der Waals surface area contributed by atoms with E-state index in [1.807, 2.05) is 0 Å². The summed E-state index contributed by atoms with van der Waals surface area (Å²) in [4.78, 5) is 0. The van der Waals surface area contributed by atoms with Crippen LogP contribution >= 0.6 is 23.2 Å². The fourth-order valence-corrected chi connectivity index (χ4v) is 2.68. The van der Waals surface area contributed by atoms with Crippen LogP contribution in [-0.2, 0) is 5.60 Å². The number of hydrogen-bond donors (Lipinski definition) is 1. The first kappa shape index (κ1) is 12.2. The predicted octanol–water partition coefficient (Wildman–Crippen LogP) is 4.14.